The van der Waals surface area contributed by atoms with Crippen LogP contribution in [0.5, 0.6) is 0 Å². The SMILES string of the molecule is C=CC(CCC)O[Si](CCC)(OCCCC)OCCCC. The Labute approximate surface area is 133 Å². The molecule has 0 aromatic rings. The van der Waals surface area contributed by atoms with Gasteiger partial charge in [-0.25, -0.2) is 0 Å². The molecule has 0 heterocycles. The molecule has 1 atom stereocenters. The fraction of sp³-hybridized carbons (Fsp3) is 0.882. The zero-order valence-electron chi connectivity index (χ0n) is 14.7. The van der Waals surface area contributed by atoms with Crippen molar-refractivity contribution in [3.05, 3.63) is 12.7 Å². The van der Waals surface area contributed by atoms with Crippen molar-refractivity contribution in [2.24, 2.45) is 0 Å². The lowest BCUT2D eigenvalue weighted by Crippen LogP contribution is -2.48. The highest BCUT2D eigenvalue weighted by atomic mass is 28.4. The molecule has 0 aliphatic carbocycles. The van der Waals surface area contributed by atoms with Gasteiger partial charge in [-0.3, -0.25) is 0 Å². The van der Waals surface area contributed by atoms with Gasteiger partial charge in [-0.1, -0.05) is 59.5 Å². The lowest BCUT2D eigenvalue weighted by atomic mass is 10.2. The van der Waals surface area contributed by atoms with Gasteiger partial charge in [-0.05, 0) is 19.3 Å². The molecule has 21 heavy (non-hydrogen) atoms. The lowest BCUT2D eigenvalue weighted by Gasteiger charge is -2.32. The molecule has 0 rings (SSSR count). The Kier molecular flexibility index (Phi) is 13.4. The summed E-state index contributed by atoms with van der Waals surface area (Å²) in [5.41, 5.74) is 0. The molecule has 0 N–H and O–H groups in total. The van der Waals surface area contributed by atoms with Crippen molar-refractivity contribution in [1.29, 1.82) is 0 Å². The second-order valence-electron chi connectivity index (χ2n) is 5.52. The van der Waals surface area contributed by atoms with E-state index in [1.165, 1.54) is 0 Å². The Morgan fingerprint density at radius 2 is 1.48 bits per heavy atom. The van der Waals surface area contributed by atoms with E-state index in [1.54, 1.807) is 0 Å². The summed E-state index contributed by atoms with van der Waals surface area (Å²) in [6.45, 7) is 14.1. The highest BCUT2D eigenvalue weighted by Gasteiger charge is 2.41. The largest absolute Gasteiger partial charge is 0.501 e. The lowest BCUT2D eigenvalue weighted by molar-refractivity contribution is 0.0364. The molecule has 0 aromatic heterocycles. The number of hydrogen-bond acceptors (Lipinski definition) is 3. The maximum absolute atomic E-state index is 6.34. The van der Waals surface area contributed by atoms with Gasteiger partial charge in [0.15, 0.2) is 0 Å². The number of rotatable bonds is 15. The summed E-state index contributed by atoms with van der Waals surface area (Å²) >= 11 is 0. The van der Waals surface area contributed by atoms with Crippen molar-refractivity contribution in [3.63, 3.8) is 0 Å². The van der Waals surface area contributed by atoms with Gasteiger partial charge in [0.1, 0.15) is 0 Å². The molecule has 0 aliphatic rings. The third kappa shape index (κ3) is 9.45. The standard InChI is InChI=1S/C17H36O3Si/c1-6-11-14-18-21(16-9-4,19-15-12-7-2)20-17(10-5)13-8-3/h10,17H,5-9,11-16H2,1-4H3. The molecule has 0 saturated carbocycles. The van der Waals surface area contributed by atoms with Crippen LogP contribution in [0.4, 0.5) is 0 Å². The monoisotopic (exact) mass is 316 g/mol. The van der Waals surface area contributed by atoms with Crippen LogP contribution in [-0.4, -0.2) is 28.1 Å². The Hall–Kier alpha value is -0.163. The van der Waals surface area contributed by atoms with Gasteiger partial charge in [0.25, 0.3) is 0 Å². The third-order valence-electron chi connectivity index (χ3n) is 3.36. The van der Waals surface area contributed by atoms with Crippen LogP contribution in [0.2, 0.25) is 6.04 Å². The van der Waals surface area contributed by atoms with Gasteiger partial charge in [0, 0.05) is 19.3 Å². The van der Waals surface area contributed by atoms with Gasteiger partial charge < -0.3 is 13.3 Å². The van der Waals surface area contributed by atoms with Crippen molar-refractivity contribution in [2.75, 3.05) is 13.2 Å². The molecule has 3 nitrogen and oxygen atoms in total. The van der Waals surface area contributed by atoms with E-state index in [4.69, 9.17) is 13.3 Å². The van der Waals surface area contributed by atoms with E-state index in [1.807, 2.05) is 6.08 Å². The Balaban J connectivity index is 4.80. The second kappa shape index (κ2) is 13.5. The third-order valence-corrected chi connectivity index (χ3v) is 6.43. The molecule has 0 radical (unpaired) electrons. The molecule has 0 bridgehead atoms. The van der Waals surface area contributed by atoms with Gasteiger partial charge in [-0.15, -0.1) is 6.58 Å². The van der Waals surface area contributed by atoms with Crippen LogP contribution < -0.4 is 0 Å². The van der Waals surface area contributed by atoms with Crippen molar-refractivity contribution in [1.82, 2.24) is 0 Å². The fourth-order valence-corrected chi connectivity index (χ4v) is 4.93. The molecular weight excluding hydrogens is 280 g/mol. The average Bonchev–Trinajstić information content (AvgIpc) is 2.47. The number of unbranched alkanes of at least 4 members (excludes halogenated alkanes) is 2. The molecule has 0 saturated heterocycles. The van der Waals surface area contributed by atoms with E-state index in [0.29, 0.717) is 0 Å². The Morgan fingerprint density at radius 3 is 1.86 bits per heavy atom. The van der Waals surface area contributed by atoms with Crippen molar-refractivity contribution >= 4 is 8.80 Å². The van der Waals surface area contributed by atoms with E-state index in [0.717, 1.165) is 64.2 Å². The summed E-state index contributed by atoms with van der Waals surface area (Å²) in [4.78, 5) is 0. The Morgan fingerprint density at radius 1 is 0.905 bits per heavy atom. The Bertz CT molecular complexity index is 236. The zero-order chi connectivity index (χ0) is 16.0. The van der Waals surface area contributed by atoms with Crippen LogP contribution in [0.25, 0.3) is 0 Å². The zero-order valence-corrected chi connectivity index (χ0v) is 15.7. The first kappa shape index (κ1) is 20.8. The highest BCUT2D eigenvalue weighted by Crippen LogP contribution is 2.23. The van der Waals surface area contributed by atoms with E-state index in [-0.39, 0.29) is 6.10 Å². The second-order valence-corrected chi connectivity index (χ2v) is 8.20. The van der Waals surface area contributed by atoms with Crippen LogP contribution >= 0.6 is 0 Å². The molecular formula is C17H36O3Si. The minimum absolute atomic E-state index is 0.0523. The van der Waals surface area contributed by atoms with Crippen LogP contribution in [0.15, 0.2) is 12.7 Å². The van der Waals surface area contributed by atoms with E-state index in [2.05, 4.69) is 34.3 Å². The number of hydrogen-bond donors (Lipinski definition) is 0. The minimum Gasteiger partial charge on any atom is -0.373 e. The fourth-order valence-electron chi connectivity index (χ4n) is 2.10. The van der Waals surface area contributed by atoms with Crippen LogP contribution in [0, 0.1) is 0 Å². The average molecular weight is 317 g/mol. The summed E-state index contributed by atoms with van der Waals surface area (Å²) in [6.07, 6.45) is 9.42. The van der Waals surface area contributed by atoms with E-state index >= 15 is 0 Å². The van der Waals surface area contributed by atoms with Gasteiger partial charge in [0.05, 0.1) is 6.10 Å². The molecule has 4 heteroatoms. The minimum atomic E-state index is -2.56. The van der Waals surface area contributed by atoms with Crippen LogP contribution in [0.1, 0.15) is 72.6 Å². The molecule has 0 aliphatic heterocycles. The van der Waals surface area contributed by atoms with Crippen molar-refractivity contribution in [2.45, 2.75) is 84.8 Å². The van der Waals surface area contributed by atoms with Crippen molar-refractivity contribution < 1.29 is 13.3 Å². The smallest absolute Gasteiger partial charge is 0.373 e. The molecule has 0 spiro atoms. The summed E-state index contributed by atoms with van der Waals surface area (Å²) in [5, 5.41) is 0. The van der Waals surface area contributed by atoms with Crippen molar-refractivity contribution in [3.8, 4) is 0 Å². The van der Waals surface area contributed by atoms with E-state index in [9.17, 15) is 0 Å². The summed E-state index contributed by atoms with van der Waals surface area (Å²) in [5.74, 6) is 0. The van der Waals surface area contributed by atoms with Gasteiger partial charge in [0.2, 0.25) is 0 Å². The normalized spacial score (nSPS) is 13.3. The molecule has 0 fully saturated rings. The summed E-state index contributed by atoms with van der Waals surface area (Å²) in [7, 11) is -2.56. The predicted molar refractivity (Wildman–Crippen MR) is 92.6 cm³/mol. The molecule has 1 unspecified atom stereocenters. The first-order valence-electron chi connectivity index (χ1n) is 8.76. The van der Waals surface area contributed by atoms with Crippen LogP contribution in [0.3, 0.4) is 0 Å². The van der Waals surface area contributed by atoms with E-state index < -0.39 is 8.80 Å². The quantitative estimate of drug-likeness (QED) is 0.232. The first-order valence-corrected chi connectivity index (χ1v) is 10.7. The van der Waals surface area contributed by atoms with Crippen LogP contribution in [-0.2, 0) is 13.3 Å². The summed E-state index contributed by atoms with van der Waals surface area (Å²) in [6, 6.07) is 0.897. The highest BCUT2D eigenvalue weighted by molar-refractivity contribution is 6.60. The topological polar surface area (TPSA) is 27.7 Å². The predicted octanol–water partition coefficient (Wildman–Crippen LogP) is 5.34. The van der Waals surface area contributed by atoms with Gasteiger partial charge in [-0.2, -0.15) is 0 Å². The van der Waals surface area contributed by atoms with Gasteiger partial charge >= 0.3 is 8.80 Å². The first-order chi connectivity index (χ1) is 10.2. The molecule has 0 amide bonds. The molecule has 126 valence electrons. The molecule has 0 aromatic carbocycles. The summed E-state index contributed by atoms with van der Waals surface area (Å²) < 4.78 is 18.7. The maximum atomic E-state index is 6.34. The maximum Gasteiger partial charge on any atom is 0.501 e.